The van der Waals surface area contributed by atoms with Gasteiger partial charge < -0.3 is 81.8 Å². The van der Waals surface area contributed by atoms with Crippen LogP contribution in [0.5, 0.6) is 23.0 Å². The lowest BCUT2D eigenvalue weighted by Gasteiger charge is -2.40. The van der Waals surface area contributed by atoms with E-state index in [0.29, 0.717) is 159 Å². The average Bonchev–Trinajstić information content (AvgIpc) is 1.26. The van der Waals surface area contributed by atoms with E-state index in [-0.39, 0.29) is 12.8 Å². The van der Waals surface area contributed by atoms with Gasteiger partial charge in [-0.3, -0.25) is 9.59 Å². The van der Waals surface area contributed by atoms with E-state index in [9.17, 15) is 19.8 Å². The molecule has 3 aliphatic rings. The molecule has 0 unspecified atom stereocenters. The number of rotatable bonds is 38. The summed E-state index contributed by atoms with van der Waals surface area (Å²) in [6.45, 7) is 8.04. The molecule has 1 saturated carbocycles. The minimum Gasteiger partial charge on any atom is -0.491 e. The van der Waals surface area contributed by atoms with Crippen molar-refractivity contribution in [1.82, 2.24) is 19.9 Å². The van der Waals surface area contributed by atoms with Gasteiger partial charge in [0.25, 0.3) is 0 Å². The first kappa shape index (κ1) is 66.2. The summed E-state index contributed by atoms with van der Waals surface area (Å²) in [5.74, 6) is -0.248. The molecule has 92 heavy (non-hydrogen) atoms. The van der Waals surface area contributed by atoms with Gasteiger partial charge in [-0.2, -0.15) is 0 Å². The maximum Gasteiger partial charge on any atom is 0.321 e. The largest absolute Gasteiger partial charge is 0.491 e. The van der Waals surface area contributed by atoms with Crippen molar-refractivity contribution in [3.8, 4) is 67.5 Å². The fourth-order valence-corrected chi connectivity index (χ4v) is 10.8. The Morgan fingerprint density at radius 1 is 0.370 bits per heavy atom. The summed E-state index contributed by atoms with van der Waals surface area (Å²) in [6, 6.07) is 39.5. The molecular weight excluding hydrogens is 1180 g/mol. The summed E-state index contributed by atoms with van der Waals surface area (Å²) in [6.07, 6.45) is 7.21. The number of benzene rings is 4. The molecule has 10 rings (SSSR count). The number of carboxylic acid groups (broad SMARTS) is 2. The molecule has 1 fully saturated rings. The number of hydrogen-bond donors (Lipinski definition) is 4. The molecule has 0 amide bonds. The summed E-state index contributed by atoms with van der Waals surface area (Å²) in [7, 11) is 4.91. The molecule has 484 valence electrons. The van der Waals surface area contributed by atoms with E-state index in [0.717, 1.165) is 72.3 Å². The van der Waals surface area contributed by atoms with Gasteiger partial charge in [0.15, 0.2) is 5.41 Å². The Morgan fingerprint density at radius 2 is 0.620 bits per heavy atom. The minimum absolute atomic E-state index is 0.150. The Bertz CT molecular complexity index is 3690. The van der Waals surface area contributed by atoms with E-state index in [1.54, 1.807) is 33.5 Å². The van der Waals surface area contributed by atoms with Crippen LogP contribution in [-0.2, 0) is 52.2 Å². The zero-order valence-electron chi connectivity index (χ0n) is 52.0. The van der Waals surface area contributed by atoms with Crippen LogP contribution in [0.3, 0.4) is 0 Å². The number of nitrogens with zero attached hydrogens (tertiary/aromatic N) is 2. The van der Waals surface area contributed by atoms with Crippen molar-refractivity contribution in [2.45, 2.75) is 18.9 Å². The lowest BCUT2D eigenvalue weighted by Crippen LogP contribution is -2.54. The number of H-pyrrole nitrogens is 2. The van der Waals surface area contributed by atoms with Crippen LogP contribution in [0, 0.1) is 5.41 Å². The molecule has 4 aromatic carbocycles. The molecule has 1 aliphatic carbocycles. The lowest BCUT2D eigenvalue weighted by atomic mass is 9.66. The predicted octanol–water partition coefficient (Wildman–Crippen LogP) is 11.2. The van der Waals surface area contributed by atoms with Crippen LogP contribution in [0.1, 0.15) is 35.6 Å². The van der Waals surface area contributed by atoms with Crippen LogP contribution in [0.4, 0.5) is 0 Å². The topological polar surface area (TPSA) is 252 Å². The van der Waals surface area contributed by atoms with E-state index in [2.05, 4.69) is 22.1 Å². The van der Waals surface area contributed by atoms with Crippen molar-refractivity contribution in [2.75, 3.05) is 140 Å². The number of aliphatic carboxylic acids is 2. The number of aromatic nitrogens is 4. The molecular formula is C71H78N4O17. The third-order valence-electron chi connectivity index (χ3n) is 15.5. The fraction of sp³-hybridized carbons (Fsp3) is 0.352. The summed E-state index contributed by atoms with van der Waals surface area (Å²) in [4.78, 5) is 42.5. The first-order valence-electron chi connectivity index (χ1n) is 30.7. The normalized spacial score (nSPS) is 13.3. The maximum absolute atomic E-state index is 12.0. The molecule has 0 spiro atoms. The first-order chi connectivity index (χ1) is 45.1. The number of carboxylic acids is 2. The molecule has 0 atom stereocenters. The van der Waals surface area contributed by atoms with Crippen LogP contribution < -0.4 is 18.9 Å². The predicted molar refractivity (Wildman–Crippen MR) is 349 cm³/mol. The van der Waals surface area contributed by atoms with Crippen molar-refractivity contribution in [3.05, 3.63) is 144 Å². The molecule has 7 aromatic rings. The van der Waals surface area contributed by atoms with Crippen LogP contribution in [0.25, 0.3) is 90.9 Å². The van der Waals surface area contributed by atoms with Crippen molar-refractivity contribution < 1.29 is 81.4 Å². The number of fused-ring (bicyclic) bond motifs is 8. The third-order valence-corrected chi connectivity index (χ3v) is 15.5. The van der Waals surface area contributed by atoms with Crippen molar-refractivity contribution in [1.29, 1.82) is 0 Å². The molecule has 21 nitrogen and oxygen atoms in total. The number of hydrogen-bond acceptors (Lipinski definition) is 17. The van der Waals surface area contributed by atoms with Crippen LogP contribution in [0.2, 0.25) is 0 Å². The van der Waals surface area contributed by atoms with Crippen LogP contribution >= 0.6 is 0 Å². The second-order valence-electron chi connectivity index (χ2n) is 21.6. The van der Waals surface area contributed by atoms with E-state index in [1.807, 2.05) is 121 Å². The highest BCUT2D eigenvalue weighted by Crippen LogP contribution is 2.45. The molecule has 2 aliphatic heterocycles. The highest BCUT2D eigenvalue weighted by molar-refractivity contribution is 6.01. The van der Waals surface area contributed by atoms with Crippen molar-refractivity contribution in [3.63, 3.8) is 0 Å². The van der Waals surface area contributed by atoms with Gasteiger partial charge in [0.05, 0.1) is 122 Å². The molecule has 0 radical (unpaired) electrons. The number of carbonyl (C=O) groups is 2. The number of aromatic amines is 2. The number of methoxy groups -OCH3 is 3. The Balaban J connectivity index is 1.05. The van der Waals surface area contributed by atoms with Crippen LogP contribution in [-0.4, -0.2) is 188 Å². The maximum atomic E-state index is 12.0. The highest BCUT2D eigenvalue weighted by atomic mass is 16.6. The molecule has 3 aromatic heterocycles. The van der Waals surface area contributed by atoms with E-state index < -0.39 is 23.5 Å². The van der Waals surface area contributed by atoms with Gasteiger partial charge in [-0.25, -0.2) is 9.97 Å². The number of ether oxygens (including phenoxy) is 13. The monoisotopic (exact) mass is 1260 g/mol. The molecule has 0 saturated heterocycles. The quantitative estimate of drug-likeness (QED) is 0.0207. The molecule has 4 N–H and O–H groups in total. The van der Waals surface area contributed by atoms with Gasteiger partial charge >= 0.3 is 11.9 Å². The molecule has 8 bridgehead atoms. The van der Waals surface area contributed by atoms with Gasteiger partial charge in [0, 0.05) is 78.5 Å². The lowest BCUT2D eigenvalue weighted by molar-refractivity contribution is -0.178. The van der Waals surface area contributed by atoms with Gasteiger partial charge in [-0.15, -0.1) is 0 Å². The van der Waals surface area contributed by atoms with E-state index in [4.69, 9.17) is 71.5 Å². The Kier molecular flexibility index (Phi) is 24.1. The Morgan fingerprint density at radius 3 is 0.880 bits per heavy atom. The Labute approximate surface area is 533 Å². The summed E-state index contributed by atoms with van der Waals surface area (Å²) >= 11 is 0. The zero-order valence-corrected chi connectivity index (χ0v) is 52.0. The van der Waals surface area contributed by atoms with Gasteiger partial charge in [-0.05, 0) is 119 Å². The SMILES string of the molecule is COCCOCCOCCOc1ccc(-c2c3nc(c(-c4ccc(OCCOCCOCCOC)cc4)c4ccc([nH]4)c(-c4ccc(OC5CC(C(=O)O)(C(=O)O)C5)cc4)c4nc(c(-c5ccc(OCCOCCOCCOC)cc5)c5ccc2[nH]5)C=C4)C=C3)cc1. The van der Waals surface area contributed by atoms with Gasteiger partial charge in [0.1, 0.15) is 48.9 Å². The molecule has 21 heteroatoms. The fourth-order valence-electron chi connectivity index (χ4n) is 10.8. The van der Waals surface area contributed by atoms with Crippen molar-refractivity contribution in [2.24, 2.45) is 5.41 Å². The summed E-state index contributed by atoms with van der Waals surface area (Å²) in [5.41, 5.74) is 10.8. The molecule has 5 heterocycles. The minimum atomic E-state index is -1.87. The smallest absolute Gasteiger partial charge is 0.321 e. The van der Waals surface area contributed by atoms with Crippen molar-refractivity contribution >= 4 is 58.3 Å². The summed E-state index contributed by atoms with van der Waals surface area (Å²) < 4.78 is 73.5. The number of nitrogens with one attached hydrogen (secondary N) is 2. The van der Waals surface area contributed by atoms with Gasteiger partial charge in [-0.1, -0.05) is 48.5 Å². The summed E-state index contributed by atoms with van der Waals surface area (Å²) in [5, 5.41) is 19.5. The average molecular weight is 1260 g/mol. The second-order valence-corrected chi connectivity index (χ2v) is 21.6. The van der Waals surface area contributed by atoms with E-state index in [1.165, 1.54) is 0 Å². The van der Waals surface area contributed by atoms with E-state index >= 15 is 0 Å². The first-order valence-corrected chi connectivity index (χ1v) is 30.7. The third kappa shape index (κ3) is 17.2. The zero-order chi connectivity index (χ0) is 63.9. The second kappa shape index (κ2) is 33.5. The standard InChI is InChI=1S/C71H78N4O17/c1-80-28-31-83-34-37-86-40-43-89-52-12-4-48(5-13-52)65-57-20-22-59(72-57)66(49-6-14-53(15-7-49)90-44-41-87-38-35-84-32-29-81-2)61-24-26-63(74-61)68(51-10-18-55(19-11-51)92-56-46-71(47-56,69(76)77)70(78)79)64-27-25-62(75-64)67(60-23-21-58(65)73-60)50-8-16-54(17-9-50)91-45-42-88-39-36-85-33-30-82-3/h4-27,56,72,75H,28-47H2,1-3H3,(H,76,77)(H,78,79). The van der Waals surface area contributed by atoms with Gasteiger partial charge in [0.2, 0.25) is 0 Å². The highest BCUT2D eigenvalue weighted by Gasteiger charge is 2.58. The Hall–Kier alpha value is -8.74. The van der Waals surface area contributed by atoms with Crippen LogP contribution in [0.15, 0.2) is 121 Å².